The van der Waals surface area contributed by atoms with E-state index in [1.54, 1.807) is 6.33 Å². The third kappa shape index (κ3) is 0.722. The Morgan fingerprint density at radius 2 is 2.46 bits per heavy atom. The van der Waals surface area contributed by atoms with Crippen LogP contribution in [-0.2, 0) is 0 Å². The van der Waals surface area contributed by atoms with E-state index in [4.69, 9.17) is 0 Å². The van der Waals surface area contributed by atoms with Crippen molar-refractivity contribution in [3.05, 3.63) is 36.5 Å². The lowest BCUT2D eigenvalue weighted by molar-refractivity contribution is -0.770. The summed E-state index contributed by atoms with van der Waals surface area (Å²) < 4.78 is 4.18. The Labute approximate surface area is 75.5 Å². The molecule has 2 aromatic heterocycles. The van der Waals surface area contributed by atoms with Gasteiger partial charge in [0.2, 0.25) is 11.9 Å². The van der Waals surface area contributed by atoms with Gasteiger partial charge >= 0.3 is 0 Å². The van der Waals surface area contributed by atoms with Gasteiger partial charge in [-0.2, -0.15) is 0 Å². The van der Waals surface area contributed by atoms with Crippen LogP contribution in [0.3, 0.4) is 0 Å². The molecule has 0 spiro atoms. The zero-order chi connectivity index (χ0) is 8.84. The number of rotatable bonds is 0. The second-order valence-corrected chi connectivity index (χ2v) is 3.19. The van der Waals surface area contributed by atoms with Crippen LogP contribution in [0.25, 0.3) is 5.82 Å². The molecule has 3 rings (SSSR count). The number of hydrogen-bond donors (Lipinski definition) is 0. The first-order chi connectivity index (χ1) is 6.38. The third-order valence-electron chi connectivity index (χ3n) is 2.50. The van der Waals surface area contributed by atoms with Crippen LogP contribution in [0.2, 0.25) is 0 Å². The van der Waals surface area contributed by atoms with Crippen LogP contribution in [0.5, 0.6) is 0 Å². The summed E-state index contributed by atoms with van der Waals surface area (Å²) in [4.78, 5) is 8.29. The molecule has 4 nitrogen and oxygen atoms in total. The standard InChI is InChI=1S/C9H9N4/c1-7-8-5-10-6-11-9(8)13-4-2-3-12(7)13/h2-7H,1H3/q+1. The smallest absolute Gasteiger partial charge is 0.210 e. The molecule has 1 unspecified atom stereocenters. The predicted octanol–water partition coefficient (Wildman–Crippen LogP) is 0.477. The van der Waals surface area contributed by atoms with Crippen molar-refractivity contribution in [2.24, 2.45) is 0 Å². The van der Waals surface area contributed by atoms with Gasteiger partial charge in [-0.05, 0) is 0 Å². The summed E-state index contributed by atoms with van der Waals surface area (Å²) in [5.41, 5.74) is 1.18. The molecule has 0 N–H and O–H groups in total. The van der Waals surface area contributed by atoms with E-state index >= 15 is 0 Å². The molecule has 64 valence electrons. The van der Waals surface area contributed by atoms with E-state index < -0.39 is 0 Å². The van der Waals surface area contributed by atoms with Crippen molar-refractivity contribution in [1.29, 1.82) is 0 Å². The highest BCUT2D eigenvalue weighted by Crippen LogP contribution is 2.22. The van der Waals surface area contributed by atoms with Gasteiger partial charge in [0.15, 0.2) is 6.20 Å². The molecule has 0 amide bonds. The lowest BCUT2D eigenvalue weighted by Crippen LogP contribution is -2.39. The van der Waals surface area contributed by atoms with Crippen LogP contribution < -0.4 is 4.68 Å². The number of aromatic nitrogens is 4. The predicted molar refractivity (Wildman–Crippen MR) is 45.4 cm³/mol. The molecule has 13 heavy (non-hydrogen) atoms. The average molecular weight is 173 g/mol. The van der Waals surface area contributed by atoms with E-state index in [0.717, 1.165) is 5.82 Å². The fraction of sp³-hybridized carbons (Fsp3) is 0.222. The molecule has 0 saturated carbocycles. The highest BCUT2D eigenvalue weighted by atomic mass is 15.4. The van der Waals surface area contributed by atoms with Crippen LogP contribution in [0.1, 0.15) is 18.5 Å². The normalized spacial score (nSPS) is 18.4. The van der Waals surface area contributed by atoms with Gasteiger partial charge in [-0.3, -0.25) is 0 Å². The van der Waals surface area contributed by atoms with Crippen molar-refractivity contribution in [2.75, 3.05) is 0 Å². The molecule has 0 aromatic carbocycles. The quantitative estimate of drug-likeness (QED) is 0.543. The fourth-order valence-corrected chi connectivity index (χ4v) is 1.82. The highest BCUT2D eigenvalue weighted by molar-refractivity contribution is 5.33. The van der Waals surface area contributed by atoms with Gasteiger partial charge < -0.3 is 0 Å². The zero-order valence-electron chi connectivity index (χ0n) is 7.25. The molecule has 0 saturated heterocycles. The summed E-state index contributed by atoms with van der Waals surface area (Å²) in [5, 5.41) is 0. The van der Waals surface area contributed by atoms with Crippen LogP contribution >= 0.6 is 0 Å². The van der Waals surface area contributed by atoms with E-state index in [-0.39, 0.29) is 0 Å². The Bertz CT molecular complexity index is 460. The average Bonchev–Trinajstić information content (AvgIpc) is 2.72. The monoisotopic (exact) mass is 173 g/mol. The summed E-state index contributed by atoms with van der Waals surface area (Å²) in [6, 6.07) is 2.35. The zero-order valence-corrected chi connectivity index (χ0v) is 7.25. The molecule has 2 aromatic rings. The van der Waals surface area contributed by atoms with E-state index in [1.165, 1.54) is 5.56 Å². The van der Waals surface area contributed by atoms with E-state index in [9.17, 15) is 0 Å². The molecule has 3 heterocycles. The van der Waals surface area contributed by atoms with Gasteiger partial charge in [0.05, 0.1) is 11.8 Å². The molecule has 1 aliphatic rings. The highest BCUT2D eigenvalue weighted by Gasteiger charge is 2.33. The lowest BCUT2D eigenvalue weighted by atomic mass is 10.2. The van der Waals surface area contributed by atoms with E-state index in [0.29, 0.717) is 6.04 Å². The number of fused-ring (bicyclic) bond motifs is 3. The molecular weight excluding hydrogens is 164 g/mol. The minimum absolute atomic E-state index is 0.339. The Hall–Kier alpha value is -1.71. The van der Waals surface area contributed by atoms with Crippen molar-refractivity contribution < 1.29 is 4.68 Å². The van der Waals surface area contributed by atoms with Crippen molar-refractivity contribution >= 4 is 0 Å². The molecule has 1 aliphatic heterocycles. The van der Waals surface area contributed by atoms with Crippen molar-refractivity contribution in [2.45, 2.75) is 13.0 Å². The van der Waals surface area contributed by atoms with Crippen LogP contribution in [-0.4, -0.2) is 14.6 Å². The van der Waals surface area contributed by atoms with E-state index in [2.05, 4.69) is 21.6 Å². The summed E-state index contributed by atoms with van der Waals surface area (Å²) in [7, 11) is 0. The largest absolute Gasteiger partial charge is 0.244 e. The van der Waals surface area contributed by atoms with E-state index in [1.807, 2.05) is 29.3 Å². The molecule has 4 heteroatoms. The second-order valence-electron chi connectivity index (χ2n) is 3.19. The lowest BCUT2D eigenvalue weighted by Gasteiger charge is -1.93. The van der Waals surface area contributed by atoms with Gasteiger partial charge in [0.1, 0.15) is 6.33 Å². The van der Waals surface area contributed by atoms with Crippen LogP contribution in [0, 0.1) is 0 Å². The third-order valence-corrected chi connectivity index (χ3v) is 2.50. The topological polar surface area (TPSA) is 34.6 Å². The maximum Gasteiger partial charge on any atom is 0.210 e. The summed E-state index contributed by atoms with van der Waals surface area (Å²) in [5.74, 6) is 0.993. The summed E-state index contributed by atoms with van der Waals surface area (Å²) in [6.07, 6.45) is 7.52. The first kappa shape index (κ1) is 6.77. The summed E-state index contributed by atoms with van der Waals surface area (Å²) in [6.45, 7) is 2.14. The maximum atomic E-state index is 4.25. The number of hydrogen-bond acceptors (Lipinski definition) is 2. The van der Waals surface area contributed by atoms with Gasteiger partial charge in [0.25, 0.3) is 0 Å². The first-order valence-electron chi connectivity index (χ1n) is 4.27. The Morgan fingerprint density at radius 3 is 3.38 bits per heavy atom. The maximum absolute atomic E-state index is 4.25. The number of nitrogens with zero attached hydrogens (tertiary/aromatic N) is 4. The Morgan fingerprint density at radius 1 is 1.54 bits per heavy atom. The van der Waals surface area contributed by atoms with Crippen LogP contribution in [0.4, 0.5) is 0 Å². The minimum Gasteiger partial charge on any atom is -0.244 e. The molecule has 1 atom stereocenters. The minimum atomic E-state index is 0.339. The first-order valence-corrected chi connectivity index (χ1v) is 4.27. The molecule has 0 bridgehead atoms. The SMILES string of the molecule is CC1c2cncnc2-n2ccc[n+]21. The van der Waals surface area contributed by atoms with Crippen LogP contribution in [0.15, 0.2) is 31.0 Å². The van der Waals surface area contributed by atoms with Gasteiger partial charge in [-0.15, -0.1) is 9.36 Å². The second kappa shape index (κ2) is 2.16. The van der Waals surface area contributed by atoms with Gasteiger partial charge in [-0.25, -0.2) is 9.97 Å². The van der Waals surface area contributed by atoms with Crippen molar-refractivity contribution in [3.63, 3.8) is 0 Å². The molecular formula is C9H9N4+. The fourth-order valence-electron chi connectivity index (χ4n) is 1.82. The molecule has 0 radical (unpaired) electrons. The molecule has 0 aliphatic carbocycles. The molecule has 0 fully saturated rings. The Balaban J connectivity index is 2.37. The van der Waals surface area contributed by atoms with Gasteiger partial charge in [0, 0.05) is 19.2 Å². The summed E-state index contributed by atoms with van der Waals surface area (Å²) >= 11 is 0. The van der Waals surface area contributed by atoms with Crippen molar-refractivity contribution in [1.82, 2.24) is 14.6 Å². The van der Waals surface area contributed by atoms with Crippen molar-refractivity contribution in [3.8, 4) is 5.82 Å². The Kier molecular flexibility index (Phi) is 1.12. The van der Waals surface area contributed by atoms with Gasteiger partial charge in [-0.1, -0.05) is 0 Å².